The Morgan fingerprint density at radius 2 is 2.12 bits per heavy atom. The van der Waals surface area contributed by atoms with Crippen molar-refractivity contribution in [3.05, 3.63) is 42.3 Å². The fourth-order valence-electron chi connectivity index (χ4n) is 3.67. The highest BCUT2D eigenvalue weighted by atomic mass is 16.5. The van der Waals surface area contributed by atoms with Crippen LogP contribution < -0.4 is 16.2 Å². The lowest BCUT2D eigenvalue weighted by Gasteiger charge is -2.30. The third kappa shape index (κ3) is 3.13. The Balaban J connectivity index is 1.79. The molecule has 1 fully saturated rings. The standard InChI is InChI=1S/C20H24N4O2/c1-25-18-10-13(12-24-6-4-14(21)5-7-24)9-15-16(17-3-2-8-26-17)11-23-20(22)19(15)18/h2-3,8-11,14H,4-7,12,21H2,1H3,(H2,22,23). The van der Waals surface area contributed by atoms with Crippen LogP contribution in [0.2, 0.25) is 0 Å². The zero-order chi connectivity index (χ0) is 18.1. The number of likely N-dealkylation sites (tertiary alicyclic amines) is 1. The Kier molecular flexibility index (Phi) is 4.53. The first-order valence-corrected chi connectivity index (χ1v) is 8.92. The van der Waals surface area contributed by atoms with Crippen molar-refractivity contribution in [3.63, 3.8) is 0 Å². The lowest BCUT2D eigenvalue weighted by molar-refractivity contribution is 0.205. The zero-order valence-electron chi connectivity index (χ0n) is 14.9. The van der Waals surface area contributed by atoms with Gasteiger partial charge in [-0.1, -0.05) is 0 Å². The van der Waals surface area contributed by atoms with Gasteiger partial charge in [0.1, 0.15) is 17.3 Å². The molecule has 3 heterocycles. The van der Waals surface area contributed by atoms with Crippen molar-refractivity contribution in [2.24, 2.45) is 5.73 Å². The molecule has 4 N–H and O–H groups in total. The third-order valence-electron chi connectivity index (χ3n) is 5.09. The molecule has 1 aliphatic heterocycles. The summed E-state index contributed by atoms with van der Waals surface area (Å²) in [6.07, 6.45) is 5.51. The summed E-state index contributed by atoms with van der Waals surface area (Å²) in [7, 11) is 1.66. The molecule has 1 saturated heterocycles. The number of furan rings is 1. The van der Waals surface area contributed by atoms with Crippen LogP contribution in [-0.4, -0.2) is 36.1 Å². The predicted octanol–water partition coefficient (Wildman–Crippen LogP) is 3.01. The van der Waals surface area contributed by atoms with Gasteiger partial charge in [0.05, 0.1) is 18.8 Å². The van der Waals surface area contributed by atoms with Crippen LogP contribution in [0.4, 0.5) is 5.82 Å². The molecule has 4 rings (SSSR count). The number of nitrogens with two attached hydrogens (primary N) is 2. The first-order valence-electron chi connectivity index (χ1n) is 8.92. The van der Waals surface area contributed by atoms with Crippen LogP contribution >= 0.6 is 0 Å². The van der Waals surface area contributed by atoms with E-state index in [0.717, 1.165) is 60.3 Å². The second-order valence-electron chi connectivity index (χ2n) is 6.87. The maximum Gasteiger partial charge on any atom is 0.136 e. The van der Waals surface area contributed by atoms with Crippen molar-refractivity contribution in [3.8, 4) is 17.1 Å². The first kappa shape index (κ1) is 16.9. The Morgan fingerprint density at radius 1 is 1.31 bits per heavy atom. The second kappa shape index (κ2) is 6.97. The van der Waals surface area contributed by atoms with Crippen LogP contribution in [0.5, 0.6) is 5.75 Å². The molecule has 136 valence electrons. The number of hydrogen-bond acceptors (Lipinski definition) is 6. The Morgan fingerprint density at radius 3 is 2.81 bits per heavy atom. The molecule has 6 heteroatoms. The number of nitrogen functional groups attached to an aromatic ring is 1. The van der Waals surface area contributed by atoms with E-state index in [0.29, 0.717) is 11.9 Å². The Labute approximate surface area is 152 Å². The Hall–Kier alpha value is -2.57. The Bertz CT molecular complexity index is 900. The topological polar surface area (TPSA) is 90.5 Å². The van der Waals surface area contributed by atoms with Crippen LogP contribution in [0.3, 0.4) is 0 Å². The van der Waals surface area contributed by atoms with E-state index >= 15 is 0 Å². The summed E-state index contributed by atoms with van der Waals surface area (Å²) >= 11 is 0. The van der Waals surface area contributed by atoms with Gasteiger partial charge < -0.3 is 20.6 Å². The highest BCUT2D eigenvalue weighted by Gasteiger charge is 2.19. The minimum absolute atomic E-state index is 0.328. The number of piperidine rings is 1. The van der Waals surface area contributed by atoms with Gasteiger partial charge in [-0.25, -0.2) is 4.98 Å². The number of benzene rings is 1. The summed E-state index contributed by atoms with van der Waals surface area (Å²) < 4.78 is 11.2. The SMILES string of the molecule is COc1cc(CN2CCC(N)CC2)cc2c(-c3ccco3)cnc(N)c12. The van der Waals surface area contributed by atoms with Crippen molar-refractivity contribution in [1.29, 1.82) is 0 Å². The van der Waals surface area contributed by atoms with E-state index in [-0.39, 0.29) is 0 Å². The zero-order valence-corrected chi connectivity index (χ0v) is 14.9. The van der Waals surface area contributed by atoms with Gasteiger partial charge in [0, 0.05) is 29.7 Å². The lowest BCUT2D eigenvalue weighted by atomic mass is 10.00. The smallest absolute Gasteiger partial charge is 0.136 e. The van der Waals surface area contributed by atoms with Gasteiger partial charge in [0.15, 0.2) is 0 Å². The van der Waals surface area contributed by atoms with E-state index < -0.39 is 0 Å². The molecule has 0 atom stereocenters. The minimum Gasteiger partial charge on any atom is -0.496 e. The summed E-state index contributed by atoms with van der Waals surface area (Å²) in [5.74, 6) is 1.97. The van der Waals surface area contributed by atoms with E-state index in [9.17, 15) is 0 Å². The van der Waals surface area contributed by atoms with E-state index in [1.807, 2.05) is 12.1 Å². The number of ether oxygens (including phenoxy) is 1. The summed E-state index contributed by atoms with van der Waals surface area (Å²) in [5, 5.41) is 1.82. The van der Waals surface area contributed by atoms with Crippen molar-refractivity contribution in [1.82, 2.24) is 9.88 Å². The molecule has 3 aromatic rings. The van der Waals surface area contributed by atoms with Crippen LogP contribution in [0.25, 0.3) is 22.1 Å². The highest BCUT2D eigenvalue weighted by Crippen LogP contribution is 2.37. The molecular formula is C20H24N4O2. The summed E-state index contributed by atoms with van der Waals surface area (Å²) in [5.41, 5.74) is 14.3. The van der Waals surface area contributed by atoms with Crippen LogP contribution in [0.15, 0.2) is 41.1 Å². The molecule has 0 spiro atoms. The van der Waals surface area contributed by atoms with E-state index in [1.54, 1.807) is 19.6 Å². The third-order valence-corrected chi connectivity index (χ3v) is 5.09. The van der Waals surface area contributed by atoms with E-state index in [1.165, 1.54) is 5.56 Å². The normalized spacial score (nSPS) is 16.2. The first-order chi connectivity index (χ1) is 12.7. The van der Waals surface area contributed by atoms with Gasteiger partial charge in [-0.3, -0.25) is 4.90 Å². The van der Waals surface area contributed by atoms with Crippen molar-refractivity contribution in [2.45, 2.75) is 25.4 Å². The number of anilines is 1. The minimum atomic E-state index is 0.328. The number of nitrogens with zero attached hydrogens (tertiary/aromatic N) is 2. The number of rotatable bonds is 4. The lowest BCUT2D eigenvalue weighted by Crippen LogP contribution is -2.39. The van der Waals surface area contributed by atoms with Gasteiger partial charge in [0.25, 0.3) is 0 Å². The maximum atomic E-state index is 6.16. The molecular weight excluding hydrogens is 328 g/mol. The number of hydrogen-bond donors (Lipinski definition) is 2. The summed E-state index contributed by atoms with van der Waals surface area (Å²) in [4.78, 5) is 6.77. The van der Waals surface area contributed by atoms with Crippen molar-refractivity contribution < 1.29 is 9.15 Å². The maximum absolute atomic E-state index is 6.16. The molecule has 1 aromatic carbocycles. The average Bonchev–Trinajstić information content (AvgIpc) is 3.17. The molecule has 0 bridgehead atoms. The molecule has 1 aliphatic rings. The van der Waals surface area contributed by atoms with Crippen molar-refractivity contribution >= 4 is 16.6 Å². The second-order valence-corrected chi connectivity index (χ2v) is 6.87. The number of pyridine rings is 1. The van der Waals surface area contributed by atoms with Crippen LogP contribution in [0.1, 0.15) is 18.4 Å². The molecule has 0 radical (unpaired) electrons. The quantitative estimate of drug-likeness (QED) is 0.750. The fraction of sp³-hybridized carbons (Fsp3) is 0.350. The van der Waals surface area contributed by atoms with Gasteiger partial charge in [-0.15, -0.1) is 0 Å². The largest absolute Gasteiger partial charge is 0.496 e. The fourth-order valence-corrected chi connectivity index (χ4v) is 3.67. The monoisotopic (exact) mass is 352 g/mol. The molecule has 0 saturated carbocycles. The van der Waals surface area contributed by atoms with Crippen molar-refractivity contribution in [2.75, 3.05) is 25.9 Å². The van der Waals surface area contributed by atoms with Crippen LogP contribution in [0, 0.1) is 0 Å². The van der Waals surface area contributed by atoms with Gasteiger partial charge in [-0.2, -0.15) is 0 Å². The van der Waals surface area contributed by atoms with Gasteiger partial charge in [-0.05, 0) is 55.8 Å². The molecule has 26 heavy (non-hydrogen) atoms. The summed E-state index contributed by atoms with van der Waals surface area (Å²) in [6, 6.07) is 8.35. The number of fused-ring (bicyclic) bond motifs is 1. The molecule has 0 aliphatic carbocycles. The molecule has 0 amide bonds. The average molecular weight is 352 g/mol. The molecule has 0 unspecified atom stereocenters. The van der Waals surface area contributed by atoms with Gasteiger partial charge in [0.2, 0.25) is 0 Å². The molecule has 6 nitrogen and oxygen atoms in total. The van der Waals surface area contributed by atoms with Gasteiger partial charge >= 0.3 is 0 Å². The van der Waals surface area contributed by atoms with E-state index in [2.05, 4.69) is 22.0 Å². The highest BCUT2D eigenvalue weighted by molar-refractivity contribution is 6.04. The predicted molar refractivity (Wildman–Crippen MR) is 103 cm³/mol. The summed E-state index contributed by atoms with van der Waals surface area (Å²) in [6.45, 7) is 2.90. The van der Waals surface area contributed by atoms with E-state index in [4.69, 9.17) is 20.6 Å². The number of aromatic nitrogens is 1. The van der Waals surface area contributed by atoms with Crippen LogP contribution in [-0.2, 0) is 6.54 Å². The molecule has 2 aromatic heterocycles. The number of methoxy groups -OCH3 is 1.